The van der Waals surface area contributed by atoms with E-state index >= 15 is 0 Å². The number of aliphatic hydroxyl groups is 1. The summed E-state index contributed by atoms with van der Waals surface area (Å²) in [4.78, 5) is 17.7. The van der Waals surface area contributed by atoms with Crippen molar-refractivity contribution in [3.8, 4) is 17.0 Å². The van der Waals surface area contributed by atoms with E-state index in [1.54, 1.807) is 31.3 Å². The second-order valence-electron chi connectivity index (χ2n) is 8.00. The number of fused-ring (bicyclic) bond motifs is 1. The predicted molar refractivity (Wildman–Crippen MR) is 124 cm³/mol. The van der Waals surface area contributed by atoms with Gasteiger partial charge in [0.1, 0.15) is 17.7 Å². The number of hydrogen-bond acceptors (Lipinski definition) is 5. The lowest BCUT2D eigenvalue weighted by atomic mass is 10.0. The molecule has 2 aromatic heterocycles. The molecule has 3 N–H and O–H groups in total. The Bertz CT molecular complexity index is 1310. The molecular formula is C23H22ClF2N5O3. The highest BCUT2D eigenvalue weighted by Crippen LogP contribution is 2.34. The quantitative estimate of drug-likeness (QED) is 0.298. The third-order valence-electron chi connectivity index (χ3n) is 5.10. The van der Waals surface area contributed by atoms with Crippen LogP contribution >= 0.6 is 11.6 Å². The Morgan fingerprint density at radius 2 is 1.91 bits per heavy atom. The van der Waals surface area contributed by atoms with Gasteiger partial charge in [-0.2, -0.15) is 5.10 Å². The van der Waals surface area contributed by atoms with E-state index < -0.39 is 17.6 Å². The normalized spacial score (nSPS) is 12.8. The number of nitrogens with zero attached hydrogens (tertiary/aromatic N) is 3. The summed E-state index contributed by atoms with van der Waals surface area (Å²) in [5, 5.41) is 20.0. The summed E-state index contributed by atoms with van der Waals surface area (Å²) < 4.78 is 31.8. The van der Waals surface area contributed by atoms with Crippen LogP contribution in [0.5, 0.6) is 5.75 Å². The van der Waals surface area contributed by atoms with Gasteiger partial charge in [-0.1, -0.05) is 0 Å². The summed E-state index contributed by atoms with van der Waals surface area (Å²) in [6, 6.07) is 10.5. The fourth-order valence-electron chi connectivity index (χ4n) is 3.75. The van der Waals surface area contributed by atoms with Gasteiger partial charge in [0.05, 0.1) is 16.7 Å². The van der Waals surface area contributed by atoms with Crippen LogP contribution in [0.25, 0.3) is 22.3 Å². The fourth-order valence-corrected chi connectivity index (χ4v) is 3.84. The van der Waals surface area contributed by atoms with Gasteiger partial charge in [-0.3, -0.25) is 9.89 Å². The number of aliphatic hydroxyl groups excluding tert-OH is 1. The molecule has 0 saturated heterocycles. The molecule has 0 bridgehead atoms. The first-order chi connectivity index (χ1) is 16.0. The van der Waals surface area contributed by atoms with Crippen LogP contribution in [0.3, 0.4) is 0 Å². The van der Waals surface area contributed by atoms with Crippen LogP contribution in [0.4, 0.5) is 14.5 Å². The average molecular weight is 490 g/mol. The molecule has 1 amide bonds. The zero-order valence-electron chi connectivity index (χ0n) is 18.5. The van der Waals surface area contributed by atoms with Gasteiger partial charge in [0.2, 0.25) is 0 Å². The number of aromatic amines is 1. The number of carbonyl (C=O) groups is 1. The van der Waals surface area contributed by atoms with Gasteiger partial charge in [0, 0.05) is 40.7 Å². The Labute approximate surface area is 198 Å². The number of benzene rings is 2. The predicted octanol–water partition coefficient (Wildman–Crippen LogP) is 5.48. The molecule has 4 aromatic rings. The number of alkyl halides is 3. The van der Waals surface area contributed by atoms with Crippen molar-refractivity contribution >= 4 is 34.2 Å². The Hall–Kier alpha value is -3.50. The van der Waals surface area contributed by atoms with Gasteiger partial charge in [-0.25, -0.2) is 4.98 Å². The Balaban J connectivity index is 1.74. The van der Waals surface area contributed by atoms with Crippen molar-refractivity contribution < 1.29 is 23.4 Å². The van der Waals surface area contributed by atoms with Crippen molar-refractivity contribution in [2.45, 2.75) is 38.5 Å². The maximum Gasteiger partial charge on any atom is 0.487 e. The van der Waals surface area contributed by atoms with Crippen molar-refractivity contribution in [3.05, 3.63) is 60.0 Å². The van der Waals surface area contributed by atoms with E-state index in [2.05, 4.69) is 25.2 Å². The molecule has 1 atom stereocenters. The monoisotopic (exact) mass is 489 g/mol. The summed E-state index contributed by atoms with van der Waals surface area (Å²) in [5.74, 6) is -0.0995. The van der Waals surface area contributed by atoms with E-state index in [1.165, 1.54) is 24.3 Å². The zero-order chi connectivity index (χ0) is 24.6. The maximum atomic E-state index is 13.1. The molecule has 0 aliphatic carbocycles. The second-order valence-corrected chi connectivity index (χ2v) is 8.44. The number of aromatic nitrogens is 4. The van der Waals surface area contributed by atoms with E-state index in [0.29, 0.717) is 33.8 Å². The van der Waals surface area contributed by atoms with E-state index in [-0.39, 0.29) is 11.8 Å². The number of hydrogen-bond donors (Lipinski definition) is 3. The van der Waals surface area contributed by atoms with E-state index in [0.717, 1.165) is 5.52 Å². The smallest absolute Gasteiger partial charge is 0.420 e. The van der Waals surface area contributed by atoms with Gasteiger partial charge < -0.3 is 19.7 Å². The average Bonchev–Trinajstić information content (AvgIpc) is 3.41. The Kier molecular flexibility index (Phi) is 6.28. The molecule has 0 saturated carbocycles. The first kappa shape index (κ1) is 23.7. The first-order valence-electron chi connectivity index (χ1n) is 10.4. The van der Waals surface area contributed by atoms with E-state index in [9.17, 15) is 18.7 Å². The zero-order valence-corrected chi connectivity index (χ0v) is 19.3. The fraction of sp³-hybridized carbons (Fsp3) is 0.261. The van der Waals surface area contributed by atoms with Crippen LogP contribution in [-0.2, 0) is 0 Å². The molecule has 2 heterocycles. The van der Waals surface area contributed by atoms with Crippen LogP contribution in [0.1, 0.15) is 49.1 Å². The molecule has 11 heteroatoms. The van der Waals surface area contributed by atoms with Crippen LogP contribution in [0.15, 0.2) is 48.7 Å². The minimum Gasteiger partial charge on any atom is -0.420 e. The van der Waals surface area contributed by atoms with E-state index in [4.69, 9.17) is 11.6 Å². The molecule has 34 heavy (non-hydrogen) atoms. The maximum absolute atomic E-state index is 13.1. The number of carbonyl (C=O) groups excluding carboxylic acids is 1. The van der Waals surface area contributed by atoms with Gasteiger partial charge >= 0.3 is 5.57 Å². The van der Waals surface area contributed by atoms with Gasteiger partial charge in [0.25, 0.3) is 5.91 Å². The standard InChI is InChI=1S/C23H22ClF2N5O3/c1-12(2)31-20-17(18-8-9-27-30-18)10-14(11-19(20)29-21(31)13(3)32)22(33)28-15-4-6-16(7-5-15)34-23(24,25)26/h4-13,32H,1-3H3,(H,27,30)(H,28,33)/t13-/m1/s1. The van der Waals surface area contributed by atoms with Crippen LogP contribution in [-0.4, -0.2) is 36.3 Å². The topological polar surface area (TPSA) is 105 Å². The summed E-state index contributed by atoms with van der Waals surface area (Å²) >= 11 is 4.77. The number of rotatable bonds is 7. The molecule has 0 spiro atoms. The van der Waals surface area contributed by atoms with Crippen molar-refractivity contribution in [1.29, 1.82) is 0 Å². The summed E-state index contributed by atoms with van der Waals surface area (Å²) in [7, 11) is 0. The van der Waals surface area contributed by atoms with Crippen molar-refractivity contribution in [1.82, 2.24) is 19.7 Å². The Morgan fingerprint density at radius 3 is 2.47 bits per heavy atom. The van der Waals surface area contributed by atoms with Gasteiger partial charge in [0.15, 0.2) is 0 Å². The molecule has 0 radical (unpaired) electrons. The number of H-pyrrole nitrogens is 1. The highest BCUT2D eigenvalue weighted by Gasteiger charge is 2.27. The third-order valence-corrected chi connectivity index (χ3v) is 5.18. The molecule has 0 aliphatic rings. The van der Waals surface area contributed by atoms with Crippen molar-refractivity contribution in [2.24, 2.45) is 0 Å². The molecule has 0 unspecified atom stereocenters. The largest absolute Gasteiger partial charge is 0.487 e. The van der Waals surface area contributed by atoms with Gasteiger partial charge in [-0.05, 0) is 63.2 Å². The van der Waals surface area contributed by atoms with E-state index in [1.807, 2.05) is 18.4 Å². The molecule has 8 nitrogen and oxygen atoms in total. The van der Waals surface area contributed by atoms with Crippen LogP contribution < -0.4 is 10.1 Å². The summed E-state index contributed by atoms with van der Waals surface area (Å²) in [6.45, 7) is 5.60. The number of amides is 1. The SMILES string of the molecule is CC(C)n1c([C@@H](C)O)nc2cc(C(=O)Nc3ccc(OC(F)(F)Cl)cc3)cc(-c3ccn[nH]3)c21. The molecular weight excluding hydrogens is 468 g/mol. The summed E-state index contributed by atoms with van der Waals surface area (Å²) in [6.07, 6.45) is 0.788. The van der Waals surface area contributed by atoms with Gasteiger partial charge in [-0.15, -0.1) is 8.78 Å². The molecule has 0 fully saturated rings. The molecule has 4 rings (SSSR count). The molecule has 0 aliphatic heterocycles. The number of ether oxygens (including phenoxy) is 1. The lowest BCUT2D eigenvalue weighted by Crippen LogP contribution is -2.16. The number of imidazole rings is 1. The third kappa shape index (κ3) is 4.87. The minimum atomic E-state index is -3.83. The first-order valence-corrected chi connectivity index (χ1v) is 10.8. The molecule has 2 aromatic carbocycles. The lowest BCUT2D eigenvalue weighted by Gasteiger charge is -2.16. The second kappa shape index (κ2) is 9.03. The van der Waals surface area contributed by atoms with Crippen LogP contribution in [0, 0.1) is 0 Å². The minimum absolute atomic E-state index is 0.00273. The van der Waals surface area contributed by atoms with Crippen molar-refractivity contribution in [3.63, 3.8) is 0 Å². The lowest BCUT2D eigenvalue weighted by molar-refractivity contribution is -0.0964. The summed E-state index contributed by atoms with van der Waals surface area (Å²) in [5.41, 5.74) is -0.465. The molecule has 178 valence electrons. The highest BCUT2D eigenvalue weighted by atomic mass is 35.5. The van der Waals surface area contributed by atoms with Crippen LogP contribution in [0.2, 0.25) is 0 Å². The Morgan fingerprint density at radius 1 is 1.21 bits per heavy atom. The van der Waals surface area contributed by atoms with Crippen molar-refractivity contribution in [2.75, 3.05) is 5.32 Å². The number of anilines is 1. The number of halogens is 3. The number of nitrogens with one attached hydrogen (secondary N) is 2. The highest BCUT2D eigenvalue weighted by molar-refractivity contribution is 6.20.